The van der Waals surface area contributed by atoms with E-state index in [0.717, 1.165) is 11.0 Å². The van der Waals surface area contributed by atoms with Crippen LogP contribution in [0.25, 0.3) is 0 Å². The van der Waals surface area contributed by atoms with Crippen LogP contribution >= 0.6 is 11.6 Å². The van der Waals surface area contributed by atoms with Crippen molar-refractivity contribution in [3.05, 3.63) is 64.7 Å². The molecule has 0 atom stereocenters. The summed E-state index contributed by atoms with van der Waals surface area (Å²) in [5.74, 6) is -0.0659. The Hall–Kier alpha value is -2.41. The molecule has 176 valence electrons. The molecule has 6 nitrogen and oxygen atoms in total. The van der Waals surface area contributed by atoms with E-state index in [9.17, 15) is 9.59 Å². The largest absolute Gasteiger partial charge is 0.476 e. The van der Waals surface area contributed by atoms with Gasteiger partial charge in [-0.05, 0) is 76.2 Å². The molecule has 0 aliphatic rings. The fourth-order valence-electron chi connectivity index (χ4n) is 2.43. The van der Waals surface area contributed by atoms with E-state index in [-0.39, 0.29) is 18.5 Å². The number of aliphatic hydroxyl groups excluding tert-OH is 1. The van der Waals surface area contributed by atoms with Crippen LogP contribution < -0.4 is 4.74 Å². The highest BCUT2D eigenvalue weighted by Gasteiger charge is 2.32. The topological polar surface area (TPSA) is 72.8 Å². The molecule has 0 spiro atoms. The fraction of sp³-hybridized carbons (Fsp3) is 0.440. The number of hydrogen-bond acceptors (Lipinski definition) is 5. The number of halogens is 1. The maximum atomic E-state index is 12.4. The lowest BCUT2D eigenvalue weighted by Gasteiger charge is -2.25. The summed E-state index contributed by atoms with van der Waals surface area (Å²) < 4.78 is 11.7. The minimum absolute atomic E-state index is 0.110. The summed E-state index contributed by atoms with van der Waals surface area (Å²) in [4.78, 5) is 24.5. The number of aliphatic hydroxyl groups is 1. The smallest absolute Gasteiger partial charge is 0.350 e. The molecule has 0 aromatic heterocycles. The van der Waals surface area contributed by atoms with Gasteiger partial charge in [-0.15, -0.1) is 0 Å². The lowest BCUT2D eigenvalue weighted by atomic mass is 10.0. The molecule has 0 aliphatic carbocycles. The Morgan fingerprint density at radius 3 is 1.81 bits per heavy atom. The summed E-state index contributed by atoms with van der Waals surface area (Å²) in [5, 5.41) is 8.97. The third-order valence-corrected chi connectivity index (χ3v) is 4.45. The van der Waals surface area contributed by atoms with Gasteiger partial charge in [-0.2, -0.15) is 0 Å². The normalized spacial score (nSPS) is 11.4. The van der Waals surface area contributed by atoms with Crippen molar-refractivity contribution >= 4 is 23.4 Å². The third-order valence-electron chi connectivity index (χ3n) is 4.20. The molecule has 0 saturated heterocycles. The zero-order chi connectivity index (χ0) is 24.5. The first-order valence-corrected chi connectivity index (χ1v) is 10.8. The molecule has 0 radical (unpaired) electrons. The van der Waals surface area contributed by atoms with Gasteiger partial charge in [-0.25, -0.2) is 4.79 Å². The minimum Gasteiger partial charge on any atom is -0.476 e. The average Bonchev–Trinajstić information content (AvgIpc) is 2.67. The van der Waals surface area contributed by atoms with Crippen LogP contribution in [0.4, 0.5) is 0 Å². The summed E-state index contributed by atoms with van der Waals surface area (Å²) in [5.41, 5.74) is -0.0393. The van der Waals surface area contributed by atoms with Gasteiger partial charge in [0.2, 0.25) is 0 Å². The Morgan fingerprint density at radius 2 is 1.44 bits per heavy atom. The first-order valence-electron chi connectivity index (χ1n) is 10.5. The van der Waals surface area contributed by atoms with Crippen LogP contribution in [0.1, 0.15) is 43.6 Å². The van der Waals surface area contributed by atoms with E-state index in [4.69, 9.17) is 26.2 Å². The van der Waals surface area contributed by atoms with Crippen LogP contribution in [0.3, 0.4) is 0 Å². The Bertz CT molecular complexity index is 869. The van der Waals surface area contributed by atoms with Crippen LogP contribution in [0, 0.1) is 0 Å². The summed E-state index contributed by atoms with van der Waals surface area (Å²) in [6, 6.07) is 13.4. The lowest BCUT2D eigenvalue weighted by molar-refractivity contribution is -0.870. The van der Waals surface area contributed by atoms with Crippen molar-refractivity contribution in [3.8, 4) is 5.75 Å². The van der Waals surface area contributed by atoms with Crippen molar-refractivity contribution in [3.63, 3.8) is 0 Å². The molecule has 0 fully saturated rings. The number of hydrogen-bond donors (Lipinski definition) is 1. The van der Waals surface area contributed by atoms with Gasteiger partial charge < -0.3 is 19.1 Å². The Balaban J connectivity index is 0.000000633. The second-order valence-electron chi connectivity index (χ2n) is 9.16. The van der Waals surface area contributed by atoms with Gasteiger partial charge >= 0.3 is 5.97 Å². The van der Waals surface area contributed by atoms with E-state index in [2.05, 4.69) is 21.1 Å². The SMILES string of the molecule is CC(C)OC(=O)C(C)(C)Oc1ccc(C(=O)c2ccc(Cl)cc2)cc1.C[N+](C)(C)CCO. The highest BCUT2D eigenvalue weighted by Crippen LogP contribution is 2.22. The van der Waals surface area contributed by atoms with E-state index in [1.165, 1.54) is 0 Å². The summed E-state index contributed by atoms with van der Waals surface area (Å²) in [6.07, 6.45) is -0.213. The molecule has 7 heteroatoms. The third kappa shape index (κ3) is 9.81. The maximum Gasteiger partial charge on any atom is 0.350 e. The Labute approximate surface area is 196 Å². The predicted octanol–water partition coefficient (Wildman–Crippen LogP) is 4.36. The maximum absolute atomic E-state index is 12.4. The summed E-state index contributed by atoms with van der Waals surface area (Å²) in [7, 11) is 6.16. The van der Waals surface area contributed by atoms with E-state index in [1.54, 1.807) is 76.2 Å². The molecule has 1 N–H and O–H groups in total. The van der Waals surface area contributed by atoms with Gasteiger partial charge in [-0.1, -0.05) is 11.6 Å². The number of carbonyl (C=O) groups is 2. The zero-order valence-electron chi connectivity index (χ0n) is 20.0. The van der Waals surface area contributed by atoms with Crippen molar-refractivity contribution in [1.82, 2.24) is 0 Å². The molecule has 2 rings (SSSR count). The second-order valence-corrected chi connectivity index (χ2v) is 9.60. The van der Waals surface area contributed by atoms with E-state index < -0.39 is 11.6 Å². The quantitative estimate of drug-likeness (QED) is 0.357. The number of quaternary nitrogens is 1. The monoisotopic (exact) mass is 464 g/mol. The molecule has 0 bridgehead atoms. The van der Waals surface area contributed by atoms with E-state index in [1.807, 2.05) is 0 Å². The van der Waals surface area contributed by atoms with Gasteiger partial charge in [0.05, 0.1) is 33.9 Å². The highest BCUT2D eigenvalue weighted by atomic mass is 35.5. The van der Waals surface area contributed by atoms with Crippen LogP contribution in [0.2, 0.25) is 5.02 Å². The molecule has 0 amide bonds. The number of likely N-dealkylation sites (N-methyl/N-ethyl adjacent to an activating group) is 1. The van der Waals surface area contributed by atoms with Crippen molar-refractivity contribution in [1.29, 1.82) is 0 Å². The van der Waals surface area contributed by atoms with Crippen LogP contribution in [-0.4, -0.2) is 67.3 Å². The molecule has 0 aliphatic heterocycles. The second kappa shape index (κ2) is 12.0. The molecule has 2 aromatic carbocycles. The summed E-state index contributed by atoms with van der Waals surface area (Å²) >= 11 is 5.84. The van der Waals surface area contributed by atoms with Crippen molar-refractivity contribution in [2.75, 3.05) is 34.3 Å². The molecule has 32 heavy (non-hydrogen) atoms. The zero-order valence-corrected chi connectivity index (χ0v) is 20.8. The molecule has 0 saturated carbocycles. The lowest BCUT2D eigenvalue weighted by Crippen LogP contribution is -2.40. The van der Waals surface area contributed by atoms with Crippen LogP contribution in [0.15, 0.2) is 48.5 Å². The highest BCUT2D eigenvalue weighted by molar-refractivity contribution is 6.30. The van der Waals surface area contributed by atoms with Crippen LogP contribution in [-0.2, 0) is 9.53 Å². The van der Waals surface area contributed by atoms with E-state index >= 15 is 0 Å². The Morgan fingerprint density at radius 1 is 0.969 bits per heavy atom. The number of carbonyl (C=O) groups excluding carboxylic acids is 2. The first kappa shape index (κ1) is 27.6. The first-order chi connectivity index (χ1) is 14.7. The van der Waals surface area contributed by atoms with Crippen molar-refractivity contribution in [2.24, 2.45) is 0 Å². The molecule has 0 unspecified atom stereocenters. The number of benzene rings is 2. The van der Waals surface area contributed by atoms with Gasteiger partial charge in [0, 0.05) is 16.1 Å². The fourth-order valence-corrected chi connectivity index (χ4v) is 2.56. The van der Waals surface area contributed by atoms with Crippen LogP contribution in [0.5, 0.6) is 5.75 Å². The minimum atomic E-state index is -1.12. The average molecular weight is 465 g/mol. The number of ether oxygens (including phenoxy) is 2. The van der Waals surface area contributed by atoms with Crippen molar-refractivity contribution < 1.29 is 28.7 Å². The van der Waals surface area contributed by atoms with Gasteiger partial charge in [0.15, 0.2) is 11.4 Å². The molecular formula is C25H35ClNO5+. The van der Waals surface area contributed by atoms with Gasteiger partial charge in [0.25, 0.3) is 0 Å². The number of esters is 1. The standard InChI is InChI=1S/C20H21ClO4.C5H14NO/c1-13(2)24-19(23)20(3,4)25-17-11-7-15(8-12-17)18(22)14-5-9-16(21)10-6-14;1-6(2,3)4-5-7/h5-13H,1-4H3;7H,4-5H2,1-3H3/q;+1. The van der Waals surface area contributed by atoms with Gasteiger partial charge in [-0.3, -0.25) is 4.79 Å². The van der Waals surface area contributed by atoms with E-state index in [0.29, 0.717) is 21.9 Å². The van der Waals surface area contributed by atoms with Gasteiger partial charge in [0.1, 0.15) is 12.3 Å². The number of rotatable bonds is 8. The molecule has 2 aromatic rings. The summed E-state index contributed by atoms with van der Waals surface area (Å²) in [6.45, 7) is 7.97. The predicted molar refractivity (Wildman–Crippen MR) is 127 cm³/mol. The molecular weight excluding hydrogens is 430 g/mol. The molecule has 0 heterocycles. The Kier molecular flexibility index (Phi) is 10.4. The van der Waals surface area contributed by atoms with Crippen molar-refractivity contribution in [2.45, 2.75) is 39.4 Å². The number of nitrogens with zero attached hydrogens (tertiary/aromatic N) is 1. The number of ketones is 1.